The fraction of sp³-hybridized carbons (Fsp3) is 0.500. The summed E-state index contributed by atoms with van der Waals surface area (Å²) in [6.45, 7) is 0. The van der Waals surface area contributed by atoms with Gasteiger partial charge < -0.3 is 0 Å². The summed E-state index contributed by atoms with van der Waals surface area (Å²) in [7, 11) is -4.79. The first-order valence-electron chi connectivity index (χ1n) is 2.93. The zero-order valence-corrected chi connectivity index (χ0v) is 6.57. The SMILES string of the molecule is O=C1CCC(=O)N1OS(=O)(=O)O.[NaH]. The van der Waals surface area contributed by atoms with Crippen molar-refractivity contribution in [1.29, 1.82) is 0 Å². The quantitative estimate of drug-likeness (QED) is 0.335. The van der Waals surface area contributed by atoms with E-state index in [1.807, 2.05) is 0 Å². The van der Waals surface area contributed by atoms with E-state index < -0.39 is 22.2 Å². The van der Waals surface area contributed by atoms with Gasteiger partial charge in [0.25, 0.3) is 11.8 Å². The third kappa shape index (κ3) is 3.71. The standard InChI is InChI=1S/C4H5NO6S.Na.H/c6-3-1-2-4(7)5(3)11-12(8,9)10;;/h1-2H2,(H,8,9,10);;. The van der Waals surface area contributed by atoms with E-state index in [1.165, 1.54) is 0 Å². The summed E-state index contributed by atoms with van der Waals surface area (Å²) in [5.74, 6) is -1.56. The van der Waals surface area contributed by atoms with Crippen molar-refractivity contribution < 1.29 is 26.8 Å². The maximum atomic E-state index is 10.7. The van der Waals surface area contributed by atoms with Crippen molar-refractivity contribution in [1.82, 2.24) is 5.06 Å². The molecule has 0 aromatic rings. The number of nitrogens with zero attached hydrogens (tertiary/aromatic N) is 1. The summed E-state index contributed by atoms with van der Waals surface area (Å²) >= 11 is 0. The molecule has 9 heteroatoms. The molecule has 1 saturated heterocycles. The van der Waals surface area contributed by atoms with Gasteiger partial charge in [-0.3, -0.25) is 14.1 Å². The molecule has 0 radical (unpaired) electrons. The van der Waals surface area contributed by atoms with Crippen LogP contribution in [0.15, 0.2) is 0 Å². The molecule has 1 fully saturated rings. The van der Waals surface area contributed by atoms with Crippen molar-refractivity contribution in [2.75, 3.05) is 0 Å². The second-order valence-corrected chi connectivity index (χ2v) is 3.09. The van der Waals surface area contributed by atoms with Gasteiger partial charge in [-0.2, -0.15) is 8.42 Å². The Labute approximate surface area is 96.2 Å². The summed E-state index contributed by atoms with van der Waals surface area (Å²) < 4.78 is 31.9. The molecule has 0 bridgehead atoms. The molecule has 1 heterocycles. The van der Waals surface area contributed by atoms with Gasteiger partial charge in [-0.1, -0.05) is 0 Å². The van der Waals surface area contributed by atoms with Crippen LogP contribution in [0.2, 0.25) is 0 Å². The molecule has 0 saturated carbocycles. The van der Waals surface area contributed by atoms with Gasteiger partial charge in [0.2, 0.25) is 0 Å². The molecule has 0 aliphatic carbocycles. The molecule has 0 aromatic heterocycles. The molecule has 70 valence electrons. The summed E-state index contributed by atoms with van der Waals surface area (Å²) in [6, 6.07) is 0. The normalized spacial score (nSPS) is 17.5. The third-order valence-corrected chi connectivity index (χ3v) is 1.51. The number of carbonyl (C=O) groups is 2. The predicted molar refractivity (Wildman–Crippen MR) is 40.9 cm³/mol. The number of rotatable bonds is 2. The minimum absolute atomic E-state index is 0. The van der Waals surface area contributed by atoms with Crippen LogP contribution in [0.25, 0.3) is 0 Å². The topological polar surface area (TPSA) is 101 Å². The fourth-order valence-electron chi connectivity index (χ4n) is 0.733. The second kappa shape index (κ2) is 4.49. The first-order valence-corrected chi connectivity index (χ1v) is 4.29. The summed E-state index contributed by atoms with van der Waals surface area (Å²) in [4.78, 5) is 21.3. The Balaban J connectivity index is 0.00000144. The third-order valence-electron chi connectivity index (χ3n) is 1.17. The fourth-order valence-corrected chi connectivity index (χ4v) is 1.09. The molecular weight excluding hydrogens is 213 g/mol. The van der Waals surface area contributed by atoms with Crippen molar-refractivity contribution >= 4 is 51.8 Å². The van der Waals surface area contributed by atoms with Crippen LogP contribution in [-0.2, 0) is 24.3 Å². The number of hydrogen-bond donors (Lipinski definition) is 1. The summed E-state index contributed by atoms with van der Waals surface area (Å²) in [6.07, 6.45) is -0.206. The Morgan fingerprint density at radius 3 is 1.92 bits per heavy atom. The molecule has 1 aliphatic heterocycles. The van der Waals surface area contributed by atoms with E-state index in [4.69, 9.17) is 4.55 Å². The van der Waals surface area contributed by atoms with E-state index in [9.17, 15) is 18.0 Å². The molecule has 1 aliphatic rings. The average molecular weight is 219 g/mol. The first kappa shape index (κ1) is 13.0. The maximum absolute atomic E-state index is 10.7. The Bertz CT molecular complexity index is 308. The van der Waals surface area contributed by atoms with E-state index in [1.54, 1.807) is 0 Å². The molecule has 0 atom stereocenters. The van der Waals surface area contributed by atoms with Crippen LogP contribution in [0, 0.1) is 0 Å². The Hall–Kier alpha value is 0.01000. The van der Waals surface area contributed by atoms with E-state index in [2.05, 4.69) is 4.28 Å². The van der Waals surface area contributed by atoms with Gasteiger partial charge in [0.15, 0.2) is 0 Å². The van der Waals surface area contributed by atoms with Crippen LogP contribution in [0.5, 0.6) is 0 Å². The van der Waals surface area contributed by atoms with E-state index in [0.29, 0.717) is 0 Å². The molecular formula is C4H6NNaO6S. The van der Waals surface area contributed by atoms with Crippen molar-refractivity contribution in [3.8, 4) is 0 Å². The molecule has 7 nitrogen and oxygen atoms in total. The van der Waals surface area contributed by atoms with Crippen LogP contribution >= 0.6 is 0 Å². The summed E-state index contributed by atoms with van der Waals surface area (Å²) in [5.41, 5.74) is 0. The molecule has 2 amide bonds. The van der Waals surface area contributed by atoms with Crippen LogP contribution in [0.3, 0.4) is 0 Å². The average Bonchev–Trinajstić information content (AvgIpc) is 2.16. The zero-order valence-electron chi connectivity index (χ0n) is 5.76. The molecule has 0 unspecified atom stereocenters. The van der Waals surface area contributed by atoms with Gasteiger partial charge in [0.05, 0.1) is 0 Å². The van der Waals surface area contributed by atoms with Gasteiger partial charge in [-0.15, -0.1) is 9.35 Å². The number of hydroxylamine groups is 2. The molecule has 0 spiro atoms. The van der Waals surface area contributed by atoms with Crippen molar-refractivity contribution in [3.63, 3.8) is 0 Å². The van der Waals surface area contributed by atoms with E-state index in [0.717, 1.165) is 0 Å². The number of amides is 2. The van der Waals surface area contributed by atoms with Gasteiger partial charge in [0.1, 0.15) is 0 Å². The Morgan fingerprint density at radius 2 is 1.62 bits per heavy atom. The van der Waals surface area contributed by atoms with Gasteiger partial charge >= 0.3 is 40.0 Å². The molecule has 1 rings (SSSR count). The monoisotopic (exact) mass is 219 g/mol. The molecule has 1 N–H and O–H groups in total. The van der Waals surface area contributed by atoms with Crippen molar-refractivity contribution in [3.05, 3.63) is 0 Å². The predicted octanol–water partition coefficient (Wildman–Crippen LogP) is -1.78. The number of hydrogen-bond acceptors (Lipinski definition) is 5. The van der Waals surface area contributed by atoms with E-state index in [-0.39, 0.29) is 47.5 Å². The van der Waals surface area contributed by atoms with Gasteiger partial charge in [-0.05, 0) is 0 Å². The van der Waals surface area contributed by atoms with Gasteiger partial charge in [-0.25, -0.2) is 0 Å². The minimum atomic E-state index is -4.79. The molecule has 13 heavy (non-hydrogen) atoms. The Kier molecular flexibility index (Phi) is 4.49. The zero-order chi connectivity index (χ0) is 9.35. The van der Waals surface area contributed by atoms with Gasteiger partial charge in [0, 0.05) is 12.8 Å². The van der Waals surface area contributed by atoms with Crippen LogP contribution in [-0.4, -0.2) is 59.4 Å². The van der Waals surface area contributed by atoms with Crippen molar-refractivity contribution in [2.45, 2.75) is 12.8 Å². The molecule has 0 aromatic carbocycles. The number of imide groups is 1. The van der Waals surface area contributed by atoms with E-state index >= 15 is 0 Å². The van der Waals surface area contributed by atoms with Crippen LogP contribution in [0.1, 0.15) is 12.8 Å². The van der Waals surface area contributed by atoms with Crippen LogP contribution < -0.4 is 0 Å². The summed E-state index contributed by atoms with van der Waals surface area (Å²) in [5, 5.41) is 0.0370. The number of carbonyl (C=O) groups excluding carboxylic acids is 2. The van der Waals surface area contributed by atoms with Crippen molar-refractivity contribution in [2.24, 2.45) is 0 Å². The van der Waals surface area contributed by atoms with Crippen LogP contribution in [0.4, 0.5) is 0 Å². The Morgan fingerprint density at radius 1 is 1.23 bits per heavy atom. The first-order chi connectivity index (χ1) is 5.40. The second-order valence-electron chi connectivity index (χ2n) is 2.08.